The predicted octanol–water partition coefficient (Wildman–Crippen LogP) is 2.78. The van der Waals surface area contributed by atoms with Gasteiger partial charge >= 0.3 is 12.2 Å². The molecule has 2 aliphatic rings. The van der Waals surface area contributed by atoms with Gasteiger partial charge in [0.25, 0.3) is 0 Å². The summed E-state index contributed by atoms with van der Waals surface area (Å²) in [5.41, 5.74) is 1.26. The highest BCUT2D eigenvalue weighted by molar-refractivity contribution is 5.73. The minimum absolute atomic E-state index is 0.300. The second kappa shape index (κ2) is 5.48. The number of hydrogen-bond acceptors (Lipinski definition) is 4. The third-order valence-electron chi connectivity index (χ3n) is 3.33. The van der Waals surface area contributed by atoms with Gasteiger partial charge in [0.15, 0.2) is 0 Å². The van der Waals surface area contributed by atoms with Crippen molar-refractivity contribution in [1.82, 2.24) is 9.80 Å². The van der Waals surface area contributed by atoms with Crippen LogP contribution in [-0.4, -0.2) is 59.4 Å². The highest BCUT2D eigenvalue weighted by Gasteiger charge is 2.36. The van der Waals surface area contributed by atoms with Crippen molar-refractivity contribution in [2.45, 2.75) is 52.7 Å². The van der Waals surface area contributed by atoms with Crippen molar-refractivity contribution in [2.24, 2.45) is 0 Å². The number of rotatable bonds is 0. The van der Waals surface area contributed by atoms with Gasteiger partial charge in [-0.15, -0.1) is 0 Å². The van der Waals surface area contributed by atoms with E-state index in [2.05, 4.69) is 0 Å². The number of hydrogen-bond donors (Lipinski definition) is 0. The van der Waals surface area contributed by atoms with Gasteiger partial charge in [-0.1, -0.05) is 0 Å². The van der Waals surface area contributed by atoms with Crippen molar-refractivity contribution < 1.29 is 19.1 Å². The van der Waals surface area contributed by atoms with Crippen LogP contribution in [-0.2, 0) is 9.47 Å². The van der Waals surface area contributed by atoms with Gasteiger partial charge in [-0.3, -0.25) is 0 Å². The molecule has 2 amide bonds. The molecule has 6 heteroatoms. The first-order chi connectivity index (χ1) is 9.94. The average Bonchev–Trinajstić information content (AvgIpc) is 2.80. The molecule has 0 saturated carbocycles. The van der Waals surface area contributed by atoms with Crippen LogP contribution in [0.1, 0.15) is 41.5 Å². The van der Waals surface area contributed by atoms with E-state index in [9.17, 15) is 9.59 Å². The van der Waals surface area contributed by atoms with Gasteiger partial charge in [-0.25, -0.2) is 9.59 Å². The molecule has 0 N–H and O–H groups in total. The van der Waals surface area contributed by atoms with E-state index in [1.807, 2.05) is 41.5 Å². The Bertz CT molecular complexity index is 449. The number of amides is 2. The van der Waals surface area contributed by atoms with Crippen LogP contribution in [0.25, 0.3) is 0 Å². The fourth-order valence-corrected chi connectivity index (χ4v) is 2.49. The zero-order valence-electron chi connectivity index (χ0n) is 14.4. The SMILES string of the molecule is CC(C)(C)OC(=O)N1CC2=C(C1)CN(C(=O)OC(C)(C)C)C2. The normalized spacial score (nSPS) is 18.6. The fraction of sp³-hybridized carbons (Fsp3) is 0.750. The van der Waals surface area contributed by atoms with E-state index < -0.39 is 11.2 Å². The lowest BCUT2D eigenvalue weighted by Gasteiger charge is -2.28. The molecule has 0 fully saturated rings. The maximum absolute atomic E-state index is 12.1. The van der Waals surface area contributed by atoms with E-state index in [0.29, 0.717) is 26.2 Å². The van der Waals surface area contributed by atoms with Gasteiger partial charge in [0, 0.05) is 26.2 Å². The third-order valence-corrected chi connectivity index (χ3v) is 3.33. The van der Waals surface area contributed by atoms with E-state index in [1.54, 1.807) is 9.80 Å². The second-order valence-corrected chi connectivity index (χ2v) is 7.88. The molecule has 0 aromatic carbocycles. The van der Waals surface area contributed by atoms with E-state index in [1.165, 1.54) is 0 Å². The molecule has 0 aromatic heterocycles. The number of carbonyl (C=O) groups excluding carboxylic acids is 2. The Morgan fingerprint density at radius 1 is 0.727 bits per heavy atom. The zero-order chi connectivity index (χ0) is 16.7. The van der Waals surface area contributed by atoms with E-state index in [-0.39, 0.29) is 12.2 Å². The molecule has 0 unspecified atom stereocenters. The molecular formula is C16H26N2O4. The minimum atomic E-state index is -0.493. The average molecular weight is 310 g/mol. The third kappa shape index (κ3) is 4.15. The van der Waals surface area contributed by atoms with Crippen molar-refractivity contribution in [1.29, 1.82) is 0 Å². The molecule has 0 bridgehead atoms. The van der Waals surface area contributed by atoms with Crippen LogP contribution < -0.4 is 0 Å². The Morgan fingerprint density at radius 3 is 1.23 bits per heavy atom. The van der Waals surface area contributed by atoms with Crippen LogP contribution in [0.2, 0.25) is 0 Å². The van der Waals surface area contributed by atoms with E-state index in [4.69, 9.17) is 9.47 Å². The largest absolute Gasteiger partial charge is 0.444 e. The van der Waals surface area contributed by atoms with Crippen LogP contribution in [0, 0.1) is 0 Å². The molecule has 0 spiro atoms. The molecule has 0 atom stereocenters. The van der Waals surface area contributed by atoms with Crippen molar-refractivity contribution >= 4 is 12.2 Å². The van der Waals surface area contributed by atoms with E-state index in [0.717, 1.165) is 11.1 Å². The molecule has 124 valence electrons. The lowest BCUT2D eigenvalue weighted by atomic mass is 10.2. The van der Waals surface area contributed by atoms with Crippen LogP contribution in [0.15, 0.2) is 11.1 Å². The van der Waals surface area contributed by atoms with E-state index >= 15 is 0 Å². The highest BCUT2D eigenvalue weighted by Crippen LogP contribution is 2.27. The van der Waals surface area contributed by atoms with Crippen LogP contribution >= 0.6 is 0 Å². The number of ether oxygens (including phenoxy) is 2. The van der Waals surface area contributed by atoms with Gasteiger partial charge in [-0.05, 0) is 52.7 Å². The zero-order valence-corrected chi connectivity index (χ0v) is 14.4. The Kier molecular flexibility index (Phi) is 4.15. The number of carbonyl (C=O) groups is 2. The van der Waals surface area contributed by atoms with Crippen molar-refractivity contribution in [2.75, 3.05) is 26.2 Å². The molecule has 2 aliphatic heterocycles. The molecule has 0 aliphatic carbocycles. The van der Waals surface area contributed by atoms with Crippen LogP contribution in [0.5, 0.6) is 0 Å². The maximum Gasteiger partial charge on any atom is 0.410 e. The molecule has 22 heavy (non-hydrogen) atoms. The van der Waals surface area contributed by atoms with Crippen molar-refractivity contribution in [3.05, 3.63) is 11.1 Å². The molecule has 0 saturated heterocycles. The maximum atomic E-state index is 12.1. The molecule has 2 heterocycles. The second-order valence-electron chi connectivity index (χ2n) is 7.88. The summed E-state index contributed by atoms with van der Waals surface area (Å²) in [6, 6.07) is 0. The predicted molar refractivity (Wildman–Crippen MR) is 82.6 cm³/mol. The first kappa shape index (κ1) is 16.6. The van der Waals surface area contributed by atoms with Crippen LogP contribution in [0.4, 0.5) is 9.59 Å². The summed E-state index contributed by atoms with van der Waals surface area (Å²) in [7, 11) is 0. The minimum Gasteiger partial charge on any atom is -0.444 e. The lowest BCUT2D eigenvalue weighted by molar-refractivity contribution is 0.0261. The topological polar surface area (TPSA) is 59.1 Å². The van der Waals surface area contributed by atoms with Crippen molar-refractivity contribution in [3.63, 3.8) is 0 Å². The molecule has 2 rings (SSSR count). The Morgan fingerprint density at radius 2 is 1.00 bits per heavy atom. The van der Waals surface area contributed by atoms with Crippen LogP contribution in [0.3, 0.4) is 0 Å². The summed E-state index contributed by atoms with van der Waals surface area (Å²) in [5, 5.41) is 0. The molecule has 6 nitrogen and oxygen atoms in total. The first-order valence-corrected chi connectivity index (χ1v) is 7.60. The Labute approximate surface area is 132 Å². The first-order valence-electron chi connectivity index (χ1n) is 7.60. The number of nitrogens with zero attached hydrogens (tertiary/aromatic N) is 2. The Balaban J connectivity index is 1.87. The summed E-state index contributed by atoms with van der Waals surface area (Å²) in [5.74, 6) is 0. The highest BCUT2D eigenvalue weighted by atomic mass is 16.6. The van der Waals surface area contributed by atoms with Gasteiger partial charge < -0.3 is 19.3 Å². The molecular weight excluding hydrogens is 284 g/mol. The van der Waals surface area contributed by atoms with Crippen molar-refractivity contribution in [3.8, 4) is 0 Å². The Hall–Kier alpha value is -1.72. The quantitative estimate of drug-likeness (QED) is 0.646. The monoisotopic (exact) mass is 310 g/mol. The fourth-order valence-electron chi connectivity index (χ4n) is 2.49. The smallest absolute Gasteiger partial charge is 0.410 e. The summed E-state index contributed by atoms with van der Waals surface area (Å²) < 4.78 is 10.8. The van der Waals surface area contributed by atoms with Gasteiger partial charge in [-0.2, -0.15) is 0 Å². The molecule has 0 radical (unpaired) electrons. The summed E-state index contributed by atoms with van der Waals surface area (Å²) in [4.78, 5) is 27.5. The van der Waals surface area contributed by atoms with Gasteiger partial charge in [0.1, 0.15) is 11.2 Å². The summed E-state index contributed by atoms with van der Waals surface area (Å²) in [6.45, 7) is 13.2. The standard InChI is InChI=1S/C16H26N2O4/c1-15(2,3)21-13(19)17-7-11-9-18(10-12(11)8-17)14(20)22-16(4,5)6/h7-10H2,1-6H3. The summed E-state index contributed by atoms with van der Waals surface area (Å²) in [6.07, 6.45) is -0.601. The lowest BCUT2D eigenvalue weighted by Crippen LogP contribution is -2.40. The van der Waals surface area contributed by atoms with Gasteiger partial charge in [0.2, 0.25) is 0 Å². The molecule has 0 aromatic rings. The van der Waals surface area contributed by atoms with Gasteiger partial charge in [0.05, 0.1) is 0 Å². The summed E-state index contributed by atoms with van der Waals surface area (Å²) >= 11 is 0.